The first-order valence-corrected chi connectivity index (χ1v) is 6.90. The summed E-state index contributed by atoms with van der Waals surface area (Å²) in [4.78, 5) is 33.4. The van der Waals surface area contributed by atoms with Crippen molar-refractivity contribution in [2.75, 3.05) is 19.7 Å². The van der Waals surface area contributed by atoms with Crippen LogP contribution in [0, 0.1) is 0 Å². The van der Waals surface area contributed by atoms with E-state index in [-0.39, 0.29) is 30.8 Å². The van der Waals surface area contributed by atoms with E-state index in [9.17, 15) is 14.4 Å². The number of amides is 2. The lowest BCUT2D eigenvalue weighted by atomic mass is 10.1. The van der Waals surface area contributed by atoms with Gasteiger partial charge in [-0.15, -0.1) is 0 Å². The smallest absolute Gasteiger partial charge is 0.302 e. The van der Waals surface area contributed by atoms with Crippen molar-refractivity contribution in [2.24, 2.45) is 5.73 Å². The van der Waals surface area contributed by atoms with Gasteiger partial charge in [0.25, 0.3) is 0 Å². The van der Waals surface area contributed by atoms with Gasteiger partial charge in [0.05, 0.1) is 12.6 Å². The number of nitrogens with two attached hydrogens (primary N) is 1. The minimum atomic E-state index is -0.659. The highest BCUT2D eigenvalue weighted by Crippen LogP contribution is 1.95. The molecule has 0 radical (unpaired) electrons. The number of carbonyl (C=O) groups excluding carboxylic acids is 3. The van der Waals surface area contributed by atoms with Crippen LogP contribution in [0.3, 0.4) is 0 Å². The van der Waals surface area contributed by atoms with Gasteiger partial charge in [-0.3, -0.25) is 14.4 Å². The fourth-order valence-electron chi connectivity index (χ4n) is 1.40. The van der Waals surface area contributed by atoms with Crippen molar-refractivity contribution in [3.63, 3.8) is 0 Å². The van der Waals surface area contributed by atoms with Crippen molar-refractivity contribution < 1.29 is 19.1 Å². The van der Waals surface area contributed by atoms with Gasteiger partial charge < -0.3 is 21.1 Å². The molecule has 0 saturated carbocycles. The maximum absolute atomic E-state index is 11.5. The average molecular weight is 287 g/mol. The largest absolute Gasteiger partial charge is 0.466 e. The Morgan fingerprint density at radius 2 is 1.90 bits per heavy atom. The Labute approximate surface area is 119 Å². The molecule has 0 spiro atoms. The zero-order valence-electron chi connectivity index (χ0n) is 12.2. The van der Waals surface area contributed by atoms with Crippen molar-refractivity contribution in [2.45, 2.75) is 45.6 Å². The molecule has 0 aromatic heterocycles. The van der Waals surface area contributed by atoms with E-state index in [1.807, 2.05) is 6.92 Å². The molecule has 0 aliphatic carbocycles. The summed E-state index contributed by atoms with van der Waals surface area (Å²) < 4.78 is 4.73. The first kappa shape index (κ1) is 18.4. The van der Waals surface area contributed by atoms with Crippen molar-refractivity contribution in [1.82, 2.24) is 10.6 Å². The molecule has 0 saturated heterocycles. The maximum atomic E-state index is 11.5. The number of hydrogen-bond acceptors (Lipinski definition) is 5. The van der Waals surface area contributed by atoms with Crippen molar-refractivity contribution in [3.05, 3.63) is 0 Å². The molecule has 0 fully saturated rings. The molecule has 0 aromatic rings. The lowest BCUT2D eigenvalue weighted by molar-refractivity contribution is -0.141. The maximum Gasteiger partial charge on any atom is 0.302 e. The van der Waals surface area contributed by atoms with Crippen LogP contribution < -0.4 is 16.4 Å². The highest BCUT2D eigenvalue weighted by atomic mass is 16.5. The number of ether oxygens (including phenoxy) is 1. The fourth-order valence-corrected chi connectivity index (χ4v) is 1.40. The van der Waals surface area contributed by atoms with Crippen molar-refractivity contribution in [3.8, 4) is 0 Å². The predicted octanol–water partition coefficient (Wildman–Crippen LogP) is -0.310. The minimum absolute atomic E-state index is 0.161. The first-order chi connectivity index (χ1) is 9.47. The Morgan fingerprint density at radius 1 is 1.20 bits per heavy atom. The summed E-state index contributed by atoms with van der Waals surface area (Å²) in [6, 6.07) is -0.659. The van der Waals surface area contributed by atoms with Crippen LogP contribution in [-0.4, -0.2) is 43.5 Å². The molecular formula is C13H25N3O4. The molecule has 1 atom stereocenters. The number of nitrogens with one attached hydrogen (secondary N) is 2. The third-order valence-corrected chi connectivity index (χ3v) is 2.52. The van der Waals surface area contributed by atoms with Crippen LogP contribution in [0.2, 0.25) is 0 Å². The SMILES string of the molecule is CCCNC(=O)C(N)CCC(=O)NCCCOC(C)=O. The van der Waals surface area contributed by atoms with E-state index >= 15 is 0 Å². The van der Waals surface area contributed by atoms with E-state index in [1.165, 1.54) is 6.92 Å². The van der Waals surface area contributed by atoms with Crippen LogP contribution in [0.4, 0.5) is 0 Å². The van der Waals surface area contributed by atoms with Gasteiger partial charge in [-0.1, -0.05) is 6.92 Å². The van der Waals surface area contributed by atoms with Gasteiger partial charge in [0.15, 0.2) is 0 Å². The molecule has 4 N–H and O–H groups in total. The molecule has 0 bridgehead atoms. The normalized spacial score (nSPS) is 11.6. The Morgan fingerprint density at radius 3 is 2.50 bits per heavy atom. The number of rotatable bonds is 10. The number of hydrogen-bond donors (Lipinski definition) is 3. The van der Waals surface area contributed by atoms with Crippen LogP contribution in [0.15, 0.2) is 0 Å². The van der Waals surface area contributed by atoms with Gasteiger partial charge >= 0.3 is 5.97 Å². The highest BCUT2D eigenvalue weighted by Gasteiger charge is 2.14. The lowest BCUT2D eigenvalue weighted by Crippen LogP contribution is -2.41. The summed E-state index contributed by atoms with van der Waals surface area (Å²) in [5.74, 6) is -0.721. The van der Waals surface area contributed by atoms with E-state index in [0.717, 1.165) is 6.42 Å². The van der Waals surface area contributed by atoms with Crippen LogP contribution in [0.5, 0.6) is 0 Å². The monoisotopic (exact) mass is 287 g/mol. The van der Waals surface area contributed by atoms with E-state index in [4.69, 9.17) is 10.5 Å². The molecule has 0 aliphatic heterocycles. The summed E-state index contributed by atoms with van der Waals surface area (Å²) in [7, 11) is 0. The zero-order chi connectivity index (χ0) is 15.4. The Balaban J connectivity index is 3.61. The second-order valence-electron chi connectivity index (χ2n) is 4.48. The van der Waals surface area contributed by atoms with Gasteiger partial charge in [0.2, 0.25) is 11.8 Å². The standard InChI is InChI=1S/C13H25N3O4/c1-3-7-16-13(19)11(14)5-6-12(18)15-8-4-9-20-10(2)17/h11H,3-9,14H2,1-2H3,(H,15,18)(H,16,19). The predicted molar refractivity (Wildman–Crippen MR) is 74.8 cm³/mol. The first-order valence-electron chi connectivity index (χ1n) is 6.90. The van der Waals surface area contributed by atoms with Gasteiger partial charge in [-0.25, -0.2) is 0 Å². The average Bonchev–Trinajstić information content (AvgIpc) is 2.41. The fraction of sp³-hybridized carbons (Fsp3) is 0.769. The number of carbonyl (C=O) groups is 3. The van der Waals surface area contributed by atoms with E-state index in [1.54, 1.807) is 0 Å². The van der Waals surface area contributed by atoms with Crippen molar-refractivity contribution >= 4 is 17.8 Å². The minimum Gasteiger partial charge on any atom is -0.466 e. The second kappa shape index (κ2) is 11.2. The van der Waals surface area contributed by atoms with Gasteiger partial charge in [0.1, 0.15) is 0 Å². The lowest BCUT2D eigenvalue weighted by Gasteiger charge is -2.11. The third kappa shape index (κ3) is 10.3. The molecule has 0 aliphatic rings. The summed E-state index contributed by atoms with van der Waals surface area (Å²) in [6.45, 7) is 4.60. The molecule has 1 unspecified atom stereocenters. The van der Waals surface area contributed by atoms with Crippen LogP contribution in [-0.2, 0) is 19.1 Å². The molecule has 7 heteroatoms. The van der Waals surface area contributed by atoms with E-state index in [0.29, 0.717) is 25.9 Å². The second-order valence-corrected chi connectivity index (χ2v) is 4.48. The summed E-state index contributed by atoms with van der Waals surface area (Å²) in [5, 5.41) is 5.36. The highest BCUT2D eigenvalue weighted by molar-refractivity contribution is 5.82. The van der Waals surface area contributed by atoms with Crippen LogP contribution in [0.25, 0.3) is 0 Å². The van der Waals surface area contributed by atoms with Gasteiger partial charge in [0, 0.05) is 26.4 Å². The number of esters is 1. The molecule has 116 valence electrons. The molecular weight excluding hydrogens is 262 g/mol. The van der Waals surface area contributed by atoms with Crippen molar-refractivity contribution in [1.29, 1.82) is 0 Å². The Bertz CT molecular complexity index is 321. The Kier molecular flexibility index (Phi) is 10.3. The summed E-state index contributed by atoms with van der Waals surface area (Å²) in [5.41, 5.74) is 5.67. The Hall–Kier alpha value is -1.63. The van der Waals surface area contributed by atoms with Crippen LogP contribution >= 0.6 is 0 Å². The quantitative estimate of drug-likeness (QED) is 0.377. The molecule has 0 rings (SSSR count). The van der Waals surface area contributed by atoms with Gasteiger partial charge in [-0.2, -0.15) is 0 Å². The molecule has 20 heavy (non-hydrogen) atoms. The molecule has 0 aromatic carbocycles. The van der Waals surface area contributed by atoms with E-state index < -0.39 is 6.04 Å². The molecule has 7 nitrogen and oxygen atoms in total. The zero-order valence-corrected chi connectivity index (χ0v) is 12.2. The molecule has 0 heterocycles. The summed E-state index contributed by atoms with van der Waals surface area (Å²) >= 11 is 0. The molecule has 2 amide bonds. The van der Waals surface area contributed by atoms with Crippen LogP contribution in [0.1, 0.15) is 39.5 Å². The third-order valence-electron chi connectivity index (χ3n) is 2.52. The topological polar surface area (TPSA) is 111 Å². The summed E-state index contributed by atoms with van der Waals surface area (Å²) in [6.07, 6.45) is 1.93. The van der Waals surface area contributed by atoms with Gasteiger partial charge in [-0.05, 0) is 19.3 Å². The van der Waals surface area contributed by atoms with E-state index in [2.05, 4.69) is 10.6 Å².